The van der Waals surface area contributed by atoms with Gasteiger partial charge in [0.25, 0.3) is 0 Å². The summed E-state index contributed by atoms with van der Waals surface area (Å²) in [5.41, 5.74) is -0.328. The summed E-state index contributed by atoms with van der Waals surface area (Å²) >= 11 is 1.84. The van der Waals surface area contributed by atoms with Gasteiger partial charge in [-0.25, -0.2) is 0 Å². The van der Waals surface area contributed by atoms with E-state index < -0.39 is 0 Å². The van der Waals surface area contributed by atoms with Crippen LogP contribution >= 0.6 is 11.8 Å². The minimum Gasteiger partial charge on any atom is -0.302 e. The summed E-state index contributed by atoms with van der Waals surface area (Å²) in [6.07, 6.45) is 0. The van der Waals surface area contributed by atoms with Crippen molar-refractivity contribution in [2.75, 3.05) is 5.75 Å². The summed E-state index contributed by atoms with van der Waals surface area (Å²) in [5, 5.41) is 3.46. The Morgan fingerprint density at radius 1 is 0.950 bits per heavy atom. The van der Waals surface area contributed by atoms with Gasteiger partial charge in [-0.3, -0.25) is 4.79 Å². The highest BCUT2D eigenvalue weighted by Gasteiger charge is 2.32. The van der Waals surface area contributed by atoms with Gasteiger partial charge >= 0.3 is 0 Å². The average Bonchev–Trinajstić information content (AvgIpc) is 2.06. The quantitative estimate of drug-likeness (QED) is 0.777. The predicted octanol–water partition coefficient (Wildman–Crippen LogP) is 5.16. The number of nitrogens with one attached hydrogen (secondary N) is 1. The highest BCUT2D eigenvalue weighted by atomic mass is 32.2. The summed E-state index contributed by atoms with van der Waals surface area (Å²) in [6.45, 7) is 18.9. The number of Topliss-reactive ketones (excluding diaryl/α,β-unsaturated/α-hetero) is 1. The van der Waals surface area contributed by atoms with Crippen LogP contribution in [0.1, 0.15) is 77.2 Å². The van der Waals surface area contributed by atoms with Crippen molar-refractivity contribution in [1.29, 1.82) is 0 Å². The number of rotatable bonds is 4. The fourth-order valence-electron chi connectivity index (χ4n) is 1.56. The molecule has 0 aliphatic rings. The summed E-state index contributed by atoms with van der Waals surface area (Å²) in [7, 11) is 0. The second kappa shape index (κ2) is 8.43. The maximum Gasteiger partial charge on any atom is 0.155 e. The molecule has 0 amide bonds. The number of carbonyl (C=O) groups is 1. The third-order valence-electron chi connectivity index (χ3n) is 2.35. The van der Waals surface area contributed by atoms with E-state index in [1.807, 2.05) is 32.5 Å². The fourth-order valence-corrected chi connectivity index (χ4v) is 2.46. The van der Waals surface area contributed by atoms with E-state index in [-0.39, 0.29) is 36.6 Å². The monoisotopic (exact) mass is 305 g/mol. The molecule has 2 nitrogen and oxygen atoms in total. The molecule has 0 saturated carbocycles. The number of thioether (sulfide) groups is 1. The molecule has 0 saturated heterocycles. The van der Waals surface area contributed by atoms with Crippen LogP contribution in [0.4, 0.5) is 0 Å². The Labute approximate surface area is 132 Å². The van der Waals surface area contributed by atoms with E-state index in [0.717, 1.165) is 5.75 Å². The van der Waals surface area contributed by atoms with Crippen LogP contribution in [0.2, 0.25) is 0 Å². The first-order valence-corrected chi connectivity index (χ1v) is 7.67. The first-order chi connectivity index (χ1) is 7.72. The molecule has 20 heavy (non-hydrogen) atoms. The maximum absolute atomic E-state index is 12.5. The Morgan fingerprint density at radius 2 is 1.35 bits per heavy atom. The molecular formula is C17H39NOS. The molecule has 0 aromatic heterocycles. The lowest BCUT2D eigenvalue weighted by molar-refractivity contribution is -0.128. The van der Waals surface area contributed by atoms with Crippen LogP contribution < -0.4 is 5.32 Å². The highest BCUT2D eigenvalue weighted by molar-refractivity contribution is 8.00. The van der Waals surface area contributed by atoms with E-state index in [1.165, 1.54) is 0 Å². The van der Waals surface area contributed by atoms with Crippen molar-refractivity contribution < 1.29 is 4.79 Å². The first kappa shape index (κ1) is 25.0. The SMILES string of the molecule is C.C.CC(C)(C)NC(CSC(C)(C)C)C(=O)C(C)(C)C. The van der Waals surface area contributed by atoms with Crippen molar-refractivity contribution in [2.45, 2.75) is 93.5 Å². The molecule has 0 rings (SSSR count). The maximum atomic E-state index is 12.5. The van der Waals surface area contributed by atoms with Crippen LogP contribution in [0.25, 0.3) is 0 Å². The van der Waals surface area contributed by atoms with E-state index >= 15 is 0 Å². The van der Waals surface area contributed by atoms with Crippen molar-refractivity contribution in [3.63, 3.8) is 0 Å². The minimum atomic E-state index is -0.290. The number of hydrogen-bond donors (Lipinski definition) is 1. The highest BCUT2D eigenvalue weighted by Crippen LogP contribution is 2.27. The van der Waals surface area contributed by atoms with Crippen LogP contribution in [-0.2, 0) is 4.79 Å². The molecule has 1 unspecified atom stereocenters. The number of ketones is 1. The van der Waals surface area contributed by atoms with E-state index in [0.29, 0.717) is 5.78 Å². The molecule has 0 aromatic rings. The Hall–Kier alpha value is -0.0200. The standard InChI is InChI=1S/C15H31NOS.2CH4/c1-13(2,3)12(17)11(16-14(4,5)6)10-18-15(7,8)9;;/h11,16H,10H2,1-9H3;2*1H4. The molecule has 0 aliphatic carbocycles. The minimum absolute atomic E-state index is 0. The van der Waals surface area contributed by atoms with Gasteiger partial charge in [0.2, 0.25) is 0 Å². The third-order valence-corrected chi connectivity index (χ3v) is 3.71. The normalized spacial score (nSPS) is 14.1. The zero-order valence-corrected chi connectivity index (χ0v) is 14.4. The number of carbonyl (C=O) groups excluding carboxylic acids is 1. The van der Waals surface area contributed by atoms with E-state index in [1.54, 1.807) is 0 Å². The van der Waals surface area contributed by atoms with Gasteiger partial charge in [-0.05, 0) is 20.8 Å². The molecule has 0 aliphatic heterocycles. The number of hydrogen-bond acceptors (Lipinski definition) is 3. The average molecular weight is 306 g/mol. The lowest BCUT2D eigenvalue weighted by Crippen LogP contribution is -2.52. The molecule has 0 fully saturated rings. The fraction of sp³-hybridized carbons (Fsp3) is 0.941. The van der Waals surface area contributed by atoms with E-state index in [4.69, 9.17) is 0 Å². The summed E-state index contributed by atoms with van der Waals surface area (Å²) in [5.74, 6) is 1.13. The van der Waals surface area contributed by atoms with Crippen LogP contribution in [0, 0.1) is 5.41 Å². The Balaban J connectivity index is -0.00000144. The second-order valence-corrected chi connectivity index (χ2v) is 9.83. The van der Waals surface area contributed by atoms with Crippen molar-refractivity contribution in [1.82, 2.24) is 5.32 Å². The first-order valence-electron chi connectivity index (χ1n) is 6.68. The van der Waals surface area contributed by atoms with Gasteiger partial charge in [-0.15, -0.1) is 0 Å². The topological polar surface area (TPSA) is 29.1 Å². The van der Waals surface area contributed by atoms with Crippen molar-refractivity contribution in [3.8, 4) is 0 Å². The van der Waals surface area contributed by atoms with E-state index in [2.05, 4.69) is 46.9 Å². The van der Waals surface area contributed by atoms with Gasteiger partial charge in [-0.2, -0.15) is 11.8 Å². The van der Waals surface area contributed by atoms with Crippen molar-refractivity contribution >= 4 is 17.5 Å². The van der Waals surface area contributed by atoms with Crippen LogP contribution in [0.5, 0.6) is 0 Å². The van der Waals surface area contributed by atoms with Gasteiger partial charge < -0.3 is 5.32 Å². The zero-order chi connectivity index (χ0) is 14.8. The Bertz CT molecular complexity index is 279. The van der Waals surface area contributed by atoms with Crippen LogP contribution in [-0.4, -0.2) is 27.9 Å². The van der Waals surface area contributed by atoms with Crippen molar-refractivity contribution in [3.05, 3.63) is 0 Å². The summed E-state index contributed by atoms with van der Waals surface area (Å²) in [4.78, 5) is 12.5. The molecular weight excluding hydrogens is 266 g/mol. The van der Waals surface area contributed by atoms with Gasteiger partial charge in [0.1, 0.15) is 0 Å². The van der Waals surface area contributed by atoms with Crippen LogP contribution in [0.15, 0.2) is 0 Å². The van der Waals surface area contributed by atoms with Crippen LogP contribution in [0.3, 0.4) is 0 Å². The third kappa shape index (κ3) is 11.8. The largest absolute Gasteiger partial charge is 0.302 e. The zero-order valence-electron chi connectivity index (χ0n) is 13.6. The second-order valence-electron chi connectivity index (χ2n) is 7.98. The molecule has 0 bridgehead atoms. The lowest BCUT2D eigenvalue weighted by atomic mass is 9.86. The molecule has 1 N–H and O–H groups in total. The summed E-state index contributed by atoms with van der Waals surface area (Å²) in [6, 6.07) is -0.0748. The van der Waals surface area contributed by atoms with Gasteiger partial charge in [0, 0.05) is 21.5 Å². The lowest BCUT2D eigenvalue weighted by Gasteiger charge is -2.33. The van der Waals surface area contributed by atoms with Gasteiger partial charge in [-0.1, -0.05) is 56.4 Å². The van der Waals surface area contributed by atoms with Gasteiger partial charge in [0.15, 0.2) is 5.78 Å². The summed E-state index contributed by atoms with van der Waals surface area (Å²) < 4.78 is 0.190. The molecule has 0 radical (unpaired) electrons. The molecule has 3 heteroatoms. The predicted molar refractivity (Wildman–Crippen MR) is 96.8 cm³/mol. The Morgan fingerprint density at radius 3 is 1.60 bits per heavy atom. The Kier molecular flexibility index (Phi) is 10.5. The van der Waals surface area contributed by atoms with E-state index in [9.17, 15) is 4.79 Å². The molecule has 0 heterocycles. The molecule has 0 aromatic carbocycles. The van der Waals surface area contributed by atoms with Crippen molar-refractivity contribution in [2.24, 2.45) is 5.41 Å². The molecule has 0 spiro atoms. The van der Waals surface area contributed by atoms with Gasteiger partial charge in [0.05, 0.1) is 6.04 Å². The molecule has 124 valence electrons. The smallest absolute Gasteiger partial charge is 0.155 e. The molecule has 1 atom stereocenters.